The van der Waals surface area contributed by atoms with E-state index in [1.165, 1.54) is 161 Å². The highest BCUT2D eigenvalue weighted by Crippen LogP contribution is 2.16. The van der Waals surface area contributed by atoms with Crippen LogP contribution < -0.4 is 0 Å². The maximum atomic E-state index is 12.9. The van der Waals surface area contributed by atoms with E-state index in [0.29, 0.717) is 19.3 Å². The molecule has 0 heterocycles. The second kappa shape index (κ2) is 59.4. The predicted molar refractivity (Wildman–Crippen MR) is 307 cm³/mol. The molecule has 1 atom stereocenters. The molecule has 6 heteroatoms. The minimum atomic E-state index is -0.794. The lowest BCUT2D eigenvalue weighted by Gasteiger charge is -2.18. The second-order valence-corrected chi connectivity index (χ2v) is 20.3. The zero-order valence-corrected chi connectivity index (χ0v) is 47.0. The van der Waals surface area contributed by atoms with Crippen molar-refractivity contribution < 1.29 is 28.6 Å². The van der Waals surface area contributed by atoms with Crippen molar-refractivity contribution in [3.05, 3.63) is 72.9 Å². The molecule has 0 amide bonds. The molecule has 0 aliphatic rings. The van der Waals surface area contributed by atoms with Crippen LogP contribution in [0.1, 0.15) is 303 Å². The Kier molecular flexibility index (Phi) is 56.8. The van der Waals surface area contributed by atoms with E-state index >= 15 is 0 Å². The summed E-state index contributed by atoms with van der Waals surface area (Å²) in [6.07, 6.45) is 76.1. The molecular weight excluding hydrogens is 877 g/mol. The third kappa shape index (κ3) is 57.6. The third-order valence-corrected chi connectivity index (χ3v) is 13.2. The maximum absolute atomic E-state index is 12.9. The molecule has 6 nitrogen and oxygen atoms in total. The van der Waals surface area contributed by atoms with Crippen molar-refractivity contribution in [1.82, 2.24) is 0 Å². The molecule has 0 unspecified atom stereocenters. The maximum Gasteiger partial charge on any atom is 0.306 e. The van der Waals surface area contributed by atoms with Crippen molar-refractivity contribution in [3.63, 3.8) is 0 Å². The van der Waals surface area contributed by atoms with E-state index in [9.17, 15) is 14.4 Å². The Morgan fingerprint density at radius 2 is 0.507 bits per heavy atom. The van der Waals surface area contributed by atoms with Crippen molar-refractivity contribution >= 4 is 17.9 Å². The highest BCUT2D eigenvalue weighted by atomic mass is 16.6. The first-order chi connectivity index (χ1) is 35.0. The van der Waals surface area contributed by atoms with Crippen LogP contribution in [0.4, 0.5) is 0 Å². The van der Waals surface area contributed by atoms with Gasteiger partial charge in [0.1, 0.15) is 13.2 Å². The summed E-state index contributed by atoms with van der Waals surface area (Å²) >= 11 is 0. The fourth-order valence-electron chi connectivity index (χ4n) is 8.57. The number of carbonyl (C=O) groups is 3. The highest BCUT2D eigenvalue weighted by molar-refractivity contribution is 5.71. The molecular formula is C65H114O6. The van der Waals surface area contributed by atoms with Crippen LogP contribution in [0.3, 0.4) is 0 Å². The van der Waals surface area contributed by atoms with Gasteiger partial charge >= 0.3 is 17.9 Å². The van der Waals surface area contributed by atoms with Gasteiger partial charge in [0.05, 0.1) is 0 Å². The topological polar surface area (TPSA) is 78.9 Å². The average Bonchev–Trinajstić information content (AvgIpc) is 3.37. The molecule has 0 N–H and O–H groups in total. The Labute approximate surface area is 440 Å². The molecule has 0 spiro atoms. The van der Waals surface area contributed by atoms with Gasteiger partial charge in [0.2, 0.25) is 0 Å². The van der Waals surface area contributed by atoms with Crippen LogP contribution in [-0.2, 0) is 28.6 Å². The minimum absolute atomic E-state index is 0.0909. The zero-order chi connectivity index (χ0) is 51.4. The van der Waals surface area contributed by atoms with Gasteiger partial charge < -0.3 is 14.2 Å². The van der Waals surface area contributed by atoms with Crippen LogP contribution in [0.2, 0.25) is 0 Å². The lowest BCUT2D eigenvalue weighted by atomic mass is 10.0. The van der Waals surface area contributed by atoms with Gasteiger partial charge in [-0.05, 0) is 96.3 Å². The van der Waals surface area contributed by atoms with E-state index in [1.807, 2.05) is 0 Å². The third-order valence-electron chi connectivity index (χ3n) is 13.2. The molecule has 0 saturated heterocycles. The van der Waals surface area contributed by atoms with Crippen LogP contribution in [0, 0.1) is 0 Å². The van der Waals surface area contributed by atoms with E-state index in [2.05, 4.69) is 93.7 Å². The molecule has 0 rings (SSSR count). The van der Waals surface area contributed by atoms with Crippen LogP contribution in [-0.4, -0.2) is 37.2 Å². The van der Waals surface area contributed by atoms with Gasteiger partial charge in [-0.15, -0.1) is 0 Å². The molecule has 0 bridgehead atoms. The number of allylic oxidation sites excluding steroid dienone is 12. The van der Waals surface area contributed by atoms with Gasteiger partial charge in [0.15, 0.2) is 6.10 Å². The smallest absolute Gasteiger partial charge is 0.306 e. The average molecular weight is 992 g/mol. The molecule has 0 fully saturated rings. The van der Waals surface area contributed by atoms with Crippen molar-refractivity contribution in [2.75, 3.05) is 13.2 Å². The second-order valence-electron chi connectivity index (χ2n) is 20.3. The summed E-state index contributed by atoms with van der Waals surface area (Å²) in [7, 11) is 0. The Balaban J connectivity index is 4.43. The summed E-state index contributed by atoms with van der Waals surface area (Å²) in [4.78, 5) is 38.2. The number of rotatable bonds is 55. The molecule has 0 aliphatic carbocycles. The SMILES string of the molecule is CCCCC/C=C\C/C=C\C/C=C\C/C=C\CCCCCC(=O)OC[C@H](COC(=O)CCCCCCC/C=C\C/C=C\CCCCC)OC(=O)CCCCCCCCCCCCCCCCCCCCC. The summed E-state index contributed by atoms with van der Waals surface area (Å²) in [6, 6.07) is 0. The first-order valence-electron chi connectivity index (χ1n) is 30.4. The van der Waals surface area contributed by atoms with E-state index in [-0.39, 0.29) is 31.1 Å². The molecule has 0 aromatic heterocycles. The Morgan fingerprint density at radius 3 is 0.831 bits per heavy atom. The molecule has 0 aromatic rings. The lowest BCUT2D eigenvalue weighted by molar-refractivity contribution is -0.167. The van der Waals surface area contributed by atoms with Gasteiger partial charge in [-0.2, -0.15) is 0 Å². The lowest BCUT2D eigenvalue weighted by Crippen LogP contribution is -2.30. The molecule has 0 aliphatic heterocycles. The van der Waals surface area contributed by atoms with E-state index in [0.717, 1.165) is 103 Å². The Bertz CT molecular complexity index is 1320. The molecule has 0 aromatic carbocycles. The predicted octanol–water partition coefficient (Wildman–Crippen LogP) is 20.5. The Hall–Kier alpha value is -3.15. The van der Waals surface area contributed by atoms with Crippen molar-refractivity contribution in [2.24, 2.45) is 0 Å². The van der Waals surface area contributed by atoms with Gasteiger partial charge in [0, 0.05) is 19.3 Å². The summed E-state index contributed by atoms with van der Waals surface area (Å²) in [5.74, 6) is -0.922. The number of carbonyl (C=O) groups excluding carboxylic acids is 3. The van der Waals surface area contributed by atoms with Gasteiger partial charge in [-0.3, -0.25) is 14.4 Å². The molecule has 0 radical (unpaired) electrons. The summed E-state index contributed by atoms with van der Waals surface area (Å²) in [5.41, 5.74) is 0. The number of unbranched alkanes of at least 4 members (excludes halogenated alkanes) is 32. The highest BCUT2D eigenvalue weighted by Gasteiger charge is 2.19. The van der Waals surface area contributed by atoms with Gasteiger partial charge in [-0.1, -0.05) is 261 Å². The first-order valence-corrected chi connectivity index (χ1v) is 30.4. The minimum Gasteiger partial charge on any atom is -0.462 e. The standard InChI is InChI=1S/C65H114O6/c1-4-7-10-13-16-19-22-25-28-30-32-34-37-40-43-46-49-52-55-58-64(67)70-61-62(60-69-63(66)57-54-51-48-45-42-39-36-27-24-21-18-15-12-9-6-3)71-65(68)59-56-53-50-47-44-41-38-35-33-31-29-26-23-20-17-14-11-8-5-2/h16,18-19,21,25,27-28,32,34,36,40,43,62H,4-15,17,20,22-24,26,29-31,33,35,37-39,41-42,44-61H2,1-3H3/b19-16-,21-18-,28-25-,34-32-,36-27-,43-40-/t62-/m0/s1. The van der Waals surface area contributed by atoms with Crippen molar-refractivity contribution in [1.29, 1.82) is 0 Å². The van der Waals surface area contributed by atoms with Crippen LogP contribution in [0.15, 0.2) is 72.9 Å². The summed E-state index contributed by atoms with van der Waals surface area (Å²) < 4.78 is 16.9. The van der Waals surface area contributed by atoms with Crippen LogP contribution in [0.25, 0.3) is 0 Å². The summed E-state index contributed by atoms with van der Waals surface area (Å²) in [5, 5.41) is 0. The van der Waals surface area contributed by atoms with Crippen molar-refractivity contribution in [2.45, 2.75) is 309 Å². The molecule has 410 valence electrons. The fourth-order valence-corrected chi connectivity index (χ4v) is 8.57. The van der Waals surface area contributed by atoms with E-state index < -0.39 is 6.10 Å². The van der Waals surface area contributed by atoms with Crippen LogP contribution in [0.5, 0.6) is 0 Å². The number of esters is 3. The van der Waals surface area contributed by atoms with Crippen molar-refractivity contribution in [3.8, 4) is 0 Å². The number of hydrogen-bond donors (Lipinski definition) is 0. The number of ether oxygens (including phenoxy) is 3. The largest absolute Gasteiger partial charge is 0.462 e. The zero-order valence-electron chi connectivity index (χ0n) is 47.0. The summed E-state index contributed by atoms with van der Waals surface area (Å²) in [6.45, 7) is 6.58. The molecule has 71 heavy (non-hydrogen) atoms. The Morgan fingerprint density at radius 1 is 0.282 bits per heavy atom. The van der Waals surface area contributed by atoms with Gasteiger partial charge in [-0.25, -0.2) is 0 Å². The quantitative estimate of drug-likeness (QED) is 0.0261. The molecule has 0 saturated carbocycles. The monoisotopic (exact) mass is 991 g/mol. The normalized spacial score (nSPS) is 12.5. The fraction of sp³-hybridized carbons (Fsp3) is 0.769. The van der Waals surface area contributed by atoms with Gasteiger partial charge in [0.25, 0.3) is 0 Å². The first kappa shape index (κ1) is 67.8. The van der Waals surface area contributed by atoms with E-state index in [4.69, 9.17) is 14.2 Å². The van der Waals surface area contributed by atoms with E-state index in [1.54, 1.807) is 0 Å². The number of hydrogen-bond acceptors (Lipinski definition) is 6. The van der Waals surface area contributed by atoms with Crippen LogP contribution >= 0.6 is 0 Å².